The van der Waals surface area contributed by atoms with E-state index in [4.69, 9.17) is 17.7 Å². The fraction of sp³-hybridized carbons (Fsp3) is 0.125. The molecule has 0 aliphatic heterocycles. The van der Waals surface area contributed by atoms with Crippen LogP contribution < -0.4 is 5.32 Å². The lowest BCUT2D eigenvalue weighted by molar-refractivity contribution is 1.45. The summed E-state index contributed by atoms with van der Waals surface area (Å²) >= 11 is 4.76. The molecule has 1 aromatic rings. The monoisotopic (exact) mass is 192 g/mol. The van der Waals surface area contributed by atoms with Crippen LogP contribution >= 0.6 is 12.2 Å². The maximum Gasteiger partial charge on any atom is 0.167 e. The standard InChI is InChI=1S/C8H8N4S/c1-6-4-2-3-5-7(6)10-8(13)11-12-9/h2-5H,1H3,(H,10,13). The third-order valence-corrected chi connectivity index (χ3v) is 1.71. The molecule has 0 fully saturated rings. The Bertz CT molecular complexity index is 368. The third kappa shape index (κ3) is 2.74. The van der Waals surface area contributed by atoms with Gasteiger partial charge in [-0.2, -0.15) is 0 Å². The summed E-state index contributed by atoms with van der Waals surface area (Å²) in [7, 11) is 0. The molecule has 0 heterocycles. The number of azide groups is 1. The molecule has 0 saturated carbocycles. The molecule has 0 unspecified atom stereocenters. The van der Waals surface area contributed by atoms with Gasteiger partial charge in [-0.15, -0.1) is 0 Å². The molecule has 1 aromatic carbocycles. The van der Waals surface area contributed by atoms with E-state index in [1.165, 1.54) is 0 Å². The Morgan fingerprint density at radius 3 is 2.85 bits per heavy atom. The van der Waals surface area contributed by atoms with Gasteiger partial charge in [0, 0.05) is 10.6 Å². The number of hydrogen-bond donors (Lipinski definition) is 1. The first kappa shape index (κ1) is 9.51. The van der Waals surface area contributed by atoms with Gasteiger partial charge in [-0.1, -0.05) is 30.4 Å². The minimum atomic E-state index is 0.136. The highest BCUT2D eigenvalue weighted by molar-refractivity contribution is 7.80. The summed E-state index contributed by atoms with van der Waals surface area (Å²) < 4.78 is 0. The number of hydrogen-bond acceptors (Lipinski definition) is 1. The molecule has 0 spiro atoms. The van der Waals surface area contributed by atoms with E-state index < -0.39 is 0 Å². The van der Waals surface area contributed by atoms with Crippen LogP contribution in [0.3, 0.4) is 0 Å². The van der Waals surface area contributed by atoms with Crippen LogP contribution in [0.1, 0.15) is 5.56 Å². The van der Waals surface area contributed by atoms with Gasteiger partial charge in [0.1, 0.15) is 0 Å². The summed E-state index contributed by atoms with van der Waals surface area (Å²) in [6.45, 7) is 1.95. The molecule has 0 amide bonds. The number of para-hydroxylation sites is 1. The Hall–Kier alpha value is -1.58. The molecule has 0 saturated heterocycles. The summed E-state index contributed by atoms with van der Waals surface area (Å²) in [6.07, 6.45) is 0. The number of benzene rings is 1. The van der Waals surface area contributed by atoms with E-state index in [0.717, 1.165) is 11.3 Å². The number of aryl methyl sites for hydroxylation is 1. The quantitative estimate of drug-likeness (QED) is 0.322. The van der Waals surface area contributed by atoms with Crippen molar-refractivity contribution in [1.82, 2.24) is 0 Å². The van der Waals surface area contributed by atoms with Crippen LogP contribution in [0.2, 0.25) is 0 Å². The van der Waals surface area contributed by atoms with Gasteiger partial charge in [0.05, 0.1) is 0 Å². The molecule has 1 rings (SSSR count). The Balaban J connectivity index is 2.80. The van der Waals surface area contributed by atoms with Crippen LogP contribution in [0.4, 0.5) is 5.69 Å². The van der Waals surface area contributed by atoms with E-state index in [2.05, 4.69) is 15.3 Å². The summed E-state index contributed by atoms with van der Waals surface area (Å²) in [5.41, 5.74) is 10.0. The lowest BCUT2D eigenvalue weighted by atomic mass is 10.2. The van der Waals surface area contributed by atoms with Crippen molar-refractivity contribution in [1.29, 1.82) is 0 Å². The fourth-order valence-electron chi connectivity index (χ4n) is 0.894. The molecule has 1 N–H and O–H groups in total. The van der Waals surface area contributed by atoms with E-state index in [-0.39, 0.29) is 5.11 Å². The van der Waals surface area contributed by atoms with Crippen molar-refractivity contribution in [2.75, 3.05) is 5.32 Å². The van der Waals surface area contributed by atoms with Crippen molar-refractivity contribution in [3.05, 3.63) is 40.3 Å². The van der Waals surface area contributed by atoms with Gasteiger partial charge >= 0.3 is 0 Å². The molecule has 13 heavy (non-hydrogen) atoms. The first-order valence-electron chi connectivity index (χ1n) is 3.66. The first-order valence-corrected chi connectivity index (χ1v) is 4.06. The zero-order chi connectivity index (χ0) is 9.68. The molecule has 0 aliphatic carbocycles. The molecular formula is C8H8N4S. The largest absolute Gasteiger partial charge is 0.345 e. The number of anilines is 1. The topological polar surface area (TPSA) is 60.8 Å². The van der Waals surface area contributed by atoms with Crippen LogP contribution in [0, 0.1) is 6.92 Å². The summed E-state index contributed by atoms with van der Waals surface area (Å²) in [5, 5.41) is 6.22. The van der Waals surface area contributed by atoms with E-state index in [9.17, 15) is 0 Å². The second-order valence-corrected chi connectivity index (χ2v) is 2.82. The summed E-state index contributed by atoms with van der Waals surface area (Å²) in [4.78, 5) is 2.58. The molecular weight excluding hydrogens is 184 g/mol. The Morgan fingerprint density at radius 1 is 1.54 bits per heavy atom. The van der Waals surface area contributed by atoms with Crippen molar-refractivity contribution in [2.24, 2.45) is 5.11 Å². The molecule has 0 atom stereocenters. The van der Waals surface area contributed by atoms with E-state index in [0.29, 0.717) is 0 Å². The summed E-state index contributed by atoms with van der Waals surface area (Å²) in [6, 6.07) is 7.63. The molecule has 4 nitrogen and oxygen atoms in total. The maximum absolute atomic E-state index is 8.11. The van der Waals surface area contributed by atoms with Crippen molar-refractivity contribution in [3.8, 4) is 0 Å². The van der Waals surface area contributed by atoms with Crippen LogP contribution in [-0.2, 0) is 0 Å². The number of rotatable bonds is 1. The Morgan fingerprint density at radius 2 is 2.23 bits per heavy atom. The summed E-state index contributed by atoms with van der Waals surface area (Å²) in [5.74, 6) is 0. The molecule has 66 valence electrons. The van der Waals surface area contributed by atoms with E-state index >= 15 is 0 Å². The number of nitrogens with one attached hydrogen (secondary N) is 1. The van der Waals surface area contributed by atoms with Crippen LogP contribution in [0.25, 0.3) is 10.4 Å². The van der Waals surface area contributed by atoms with Gasteiger partial charge in [-0.25, -0.2) is 0 Å². The Kier molecular flexibility index (Phi) is 3.25. The van der Waals surface area contributed by atoms with Gasteiger partial charge in [0.15, 0.2) is 5.11 Å². The van der Waals surface area contributed by atoms with Crippen LogP contribution in [0.5, 0.6) is 0 Å². The van der Waals surface area contributed by atoms with Crippen LogP contribution in [0.15, 0.2) is 29.4 Å². The average Bonchev–Trinajstić information content (AvgIpc) is 2.09. The van der Waals surface area contributed by atoms with Gasteiger partial charge in [0.25, 0.3) is 0 Å². The Labute approximate surface area is 81.2 Å². The van der Waals surface area contributed by atoms with Gasteiger partial charge < -0.3 is 5.32 Å². The van der Waals surface area contributed by atoms with Crippen molar-refractivity contribution >= 4 is 23.0 Å². The lowest BCUT2D eigenvalue weighted by Gasteiger charge is -2.05. The minimum absolute atomic E-state index is 0.136. The van der Waals surface area contributed by atoms with Gasteiger partial charge in [-0.3, -0.25) is 0 Å². The maximum atomic E-state index is 8.11. The second-order valence-electron chi connectivity index (χ2n) is 2.43. The highest BCUT2D eigenvalue weighted by atomic mass is 32.1. The lowest BCUT2D eigenvalue weighted by Crippen LogP contribution is -2.05. The highest BCUT2D eigenvalue weighted by Gasteiger charge is 1.96. The molecule has 5 heteroatoms. The first-order chi connectivity index (χ1) is 6.24. The molecule has 0 aliphatic rings. The number of nitrogens with zero attached hydrogens (tertiary/aromatic N) is 3. The van der Waals surface area contributed by atoms with E-state index in [1.54, 1.807) is 0 Å². The second kappa shape index (κ2) is 4.45. The zero-order valence-electron chi connectivity index (χ0n) is 7.06. The van der Waals surface area contributed by atoms with Crippen molar-refractivity contribution < 1.29 is 0 Å². The van der Waals surface area contributed by atoms with Crippen molar-refractivity contribution in [2.45, 2.75) is 6.92 Å². The predicted octanol–water partition coefficient (Wildman–Crippen LogP) is 3.00. The van der Waals surface area contributed by atoms with Gasteiger partial charge in [0.2, 0.25) is 0 Å². The smallest absolute Gasteiger partial charge is 0.167 e. The van der Waals surface area contributed by atoms with E-state index in [1.807, 2.05) is 31.2 Å². The third-order valence-electron chi connectivity index (χ3n) is 1.52. The molecule has 0 radical (unpaired) electrons. The molecule has 0 aromatic heterocycles. The SMILES string of the molecule is Cc1ccccc1NC(=S)N=[N+]=[N-]. The molecule has 0 bridgehead atoms. The predicted molar refractivity (Wildman–Crippen MR) is 56.5 cm³/mol. The number of thiocarbonyl (C=S) groups is 1. The fourth-order valence-corrected chi connectivity index (χ4v) is 1.04. The van der Waals surface area contributed by atoms with Crippen LogP contribution in [-0.4, -0.2) is 5.11 Å². The zero-order valence-corrected chi connectivity index (χ0v) is 7.88. The highest BCUT2D eigenvalue weighted by Crippen LogP contribution is 2.13. The average molecular weight is 192 g/mol. The van der Waals surface area contributed by atoms with Crippen molar-refractivity contribution in [3.63, 3.8) is 0 Å². The normalized spacial score (nSPS) is 8.69. The minimum Gasteiger partial charge on any atom is -0.345 e. The van der Waals surface area contributed by atoms with Gasteiger partial charge in [-0.05, 0) is 29.2 Å².